The molecule has 0 spiro atoms. The van der Waals surface area contributed by atoms with Gasteiger partial charge in [0.25, 0.3) is 0 Å². The van der Waals surface area contributed by atoms with E-state index in [4.69, 9.17) is 4.74 Å². The monoisotopic (exact) mass is 329 g/mol. The number of likely N-dealkylation sites (tertiary alicyclic amines) is 1. The topological polar surface area (TPSA) is 19.0 Å². The number of benzene rings is 1. The lowest BCUT2D eigenvalue weighted by atomic mass is 10.0. The molecule has 3 fully saturated rings. The van der Waals surface area contributed by atoms with Crippen LogP contribution in [0.25, 0.3) is 0 Å². The van der Waals surface area contributed by atoms with Crippen LogP contribution >= 0.6 is 0 Å². The van der Waals surface area contributed by atoms with Gasteiger partial charge in [0.15, 0.2) is 0 Å². The Kier molecular flexibility index (Phi) is 5.36. The van der Waals surface area contributed by atoms with Crippen LogP contribution in [0.5, 0.6) is 0 Å². The zero-order valence-corrected chi connectivity index (χ0v) is 14.8. The zero-order valence-electron chi connectivity index (χ0n) is 14.8. The van der Waals surface area contributed by atoms with Crippen LogP contribution in [0, 0.1) is 0 Å². The molecule has 0 radical (unpaired) electrons. The molecule has 4 heteroatoms. The fraction of sp³-hybridized carbons (Fsp3) is 0.700. The molecule has 0 aliphatic carbocycles. The summed E-state index contributed by atoms with van der Waals surface area (Å²) in [4.78, 5) is 7.90. The van der Waals surface area contributed by atoms with Crippen LogP contribution in [0.1, 0.15) is 25.7 Å². The summed E-state index contributed by atoms with van der Waals surface area (Å²) in [6.45, 7) is 9.41. The maximum absolute atomic E-state index is 5.80. The van der Waals surface area contributed by atoms with Crippen LogP contribution in [0.3, 0.4) is 0 Å². The molecule has 0 amide bonds. The van der Waals surface area contributed by atoms with Gasteiger partial charge in [-0.15, -0.1) is 0 Å². The van der Waals surface area contributed by atoms with E-state index in [0.29, 0.717) is 6.10 Å². The Bertz CT molecular complexity index is 487. The van der Waals surface area contributed by atoms with Crippen molar-refractivity contribution in [1.82, 2.24) is 9.80 Å². The van der Waals surface area contributed by atoms with Gasteiger partial charge in [-0.05, 0) is 50.9 Å². The molecule has 1 aromatic carbocycles. The third kappa shape index (κ3) is 3.93. The first kappa shape index (κ1) is 16.4. The van der Waals surface area contributed by atoms with Gasteiger partial charge >= 0.3 is 0 Å². The van der Waals surface area contributed by atoms with E-state index in [1.807, 2.05) is 0 Å². The molecule has 4 nitrogen and oxygen atoms in total. The fourth-order valence-electron chi connectivity index (χ4n) is 4.53. The molecule has 0 N–H and O–H groups in total. The molecule has 1 atom stereocenters. The predicted octanol–water partition coefficient (Wildman–Crippen LogP) is 2.45. The number of rotatable bonds is 4. The summed E-state index contributed by atoms with van der Waals surface area (Å²) in [5.41, 5.74) is 1.38. The van der Waals surface area contributed by atoms with Crippen molar-refractivity contribution in [1.29, 1.82) is 0 Å². The summed E-state index contributed by atoms with van der Waals surface area (Å²) in [5.74, 6) is 0. The Morgan fingerprint density at radius 1 is 0.875 bits per heavy atom. The van der Waals surface area contributed by atoms with Crippen molar-refractivity contribution in [3.05, 3.63) is 30.3 Å². The van der Waals surface area contributed by atoms with Gasteiger partial charge < -0.3 is 14.5 Å². The maximum atomic E-state index is 5.80. The minimum absolute atomic E-state index is 0.510. The summed E-state index contributed by atoms with van der Waals surface area (Å²) >= 11 is 0. The Morgan fingerprint density at radius 3 is 2.29 bits per heavy atom. The highest BCUT2D eigenvalue weighted by atomic mass is 16.5. The van der Waals surface area contributed by atoms with E-state index in [1.165, 1.54) is 70.6 Å². The van der Waals surface area contributed by atoms with Crippen LogP contribution in [0.15, 0.2) is 30.3 Å². The zero-order chi connectivity index (χ0) is 16.2. The Balaban J connectivity index is 1.21. The number of para-hydroxylation sites is 1. The summed E-state index contributed by atoms with van der Waals surface area (Å²) in [6, 6.07) is 11.7. The van der Waals surface area contributed by atoms with E-state index in [0.717, 1.165) is 19.2 Å². The first-order valence-corrected chi connectivity index (χ1v) is 9.76. The van der Waals surface area contributed by atoms with E-state index in [9.17, 15) is 0 Å². The van der Waals surface area contributed by atoms with E-state index in [-0.39, 0.29) is 0 Å². The SMILES string of the molecule is c1ccc(N2CCN(C3CCN(CC4CCCO4)CC3)CC2)cc1. The Hall–Kier alpha value is -1.10. The highest BCUT2D eigenvalue weighted by molar-refractivity contribution is 5.46. The van der Waals surface area contributed by atoms with Gasteiger partial charge in [0, 0.05) is 51.1 Å². The Labute approximate surface area is 146 Å². The third-order valence-corrected chi connectivity index (χ3v) is 5.99. The molecule has 132 valence electrons. The molecule has 3 saturated heterocycles. The first-order chi connectivity index (χ1) is 11.9. The van der Waals surface area contributed by atoms with Crippen molar-refractivity contribution in [3.63, 3.8) is 0 Å². The average molecular weight is 329 g/mol. The van der Waals surface area contributed by atoms with Gasteiger partial charge in [-0.3, -0.25) is 4.90 Å². The van der Waals surface area contributed by atoms with Crippen molar-refractivity contribution < 1.29 is 4.74 Å². The van der Waals surface area contributed by atoms with Crippen molar-refractivity contribution in [3.8, 4) is 0 Å². The normalized spacial score (nSPS) is 27.7. The van der Waals surface area contributed by atoms with Gasteiger partial charge in [0.2, 0.25) is 0 Å². The lowest BCUT2D eigenvalue weighted by Gasteiger charge is -2.43. The summed E-state index contributed by atoms with van der Waals surface area (Å²) in [7, 11) is 0. The number of anilines is 1. The molecule has 4 rings (SSSR count). The lowest BCUT2D eigenvalue weighted by Crippen LogP contribution is -2.53. The number of piperidine rings is 1. The smallest absolute Gasteiger partial charge is 0.0702 e. The molecule has 1 unspecified atom stereocenters. The van der Waals surface area contributed by atoms with E-state index >= 15 is 0 Å². The molecule has 0 aromatic heterocycles. The van der Waals surface area contributed by atoms with Gasteiger partial charge in [0.05, 0.1) is 6.10 Å². The molecule has 0 saturated carbocycles. The Morgan fingerprint density at radius 2 is 1.62 bits per heavy atom. The first-order valence-electron chi connectivity index (χ1n) is 9.76. The van der Waals surface area contributed by atoms with Crippen LogP contribution < -0.4 is 4.90 Å². The molecule has 3 aliphatic rings. The summed E-state index contributed by atoms with van der Waals surface area (Å²) in [6.07, 6.45) is 5.69. The second-order valence-electron chi connectivity index (χ2n) is 7.53. The molecule has 3 aliphatic heterocycles. The largest absolute Gasteiger partial charge is 0.377 e. The van der Waals surface area contributed by atoms with Crippen LogP contribution in [0.2, 0.25) is 0 Å². The van der Waals surface area contributed by atoms with Gasteiger partial charge in [-0.2, -0.15) is 0 Å². The van der Waals surface area contributed by atoms with E-state index < -0.39 is 0 Å². The number of ether oxygens (including phenoxy) is 1. The fourth-order valence-corrected chi connectivity index (χ4v) is 4.53. The quantitative estimate of drug-likeness (QED) is 0.844. The summed E-state index contributed by atoms with van der Waals surface area (Å²) < 4.78 is 5.80. The van der Waals surface area contributed by atoms with Gasteiger partial charge in [-0.1, -0.05) is 18.2 Å². The molecule has 24 heavy (non-hydrogen) atoms. The molecular weight excluding hydrogens is 298 g/mol. The van der Waals surface area contributed by atoms with Crippen LogP contribution in [0.4, 0.5) is 5.69 Å². The number of nitrogens with zero attached hydrogens (tertiary/aromatic N) is 3. The van der Waals surface area contributed by atoms with Crippen molar-refractivity contribution >= 4 is 5.69 Å². The molecule has 3 heterocycles. The minimum atomic E-state index is 0.510. The van der Waals surface area contributed by atoms with Crippen LogP contribution in [-0.2, 0) is 4.74 Å². The summed E-state index contributed by atoms with van der Waals surface area (Å²) in [5, 5.41) is 0. The highest BCUT2D eigenvalue weighted by Gasteiger charge is 2.29. The molecule has 1 aromatic rings. The standard InChI is InChI=1S/C20H31N3O/c1-2-5-18(6-3-1)22-12-14-23(15-13-22)19-8-10-21(11-9-19)17-20-7-4-16-24-20/h1-3,5-6,19-20H,4,7-17H2. The predicted molar refractivity (Wildman–Crippen MR) is 98.7 cm³/mol. The number of hydrogen-bond donors (Lipinski definition) is 0. The van der Waals surface area contributed by atoms with Crippen LogP contribution in [-0.4, -0.2) is 74.4 Å². The third-order valence-electron chi connectivity index (χ3n) is 5.99. The lowest BCUT2D eigenvalue weighted by molar-refractivity contribution is 0.0470. The average Bonchev–Trinajstić information content (AvgIpc) is 3.16. The molecule has 0 bridgehead atoms. The number of piperazine rings is 1. The second kappa shape index (κ2) is 7.85. The van der Waals surface area contributed by atoms with Crippen molar-refractivity contribution in [2.75, 3.05) is 57.3 Å². The second-order valence-corrected chi connectivity index (χ2v) is 7.53. The van der Waals surface area contributed by atoms with E-state index in [1.54, 1.807) is 0 Å². The van der Waals surface area contributed by atoms with Crippen molar-refractivity contribution in [2.45, 2.75) is 37.8 Å². The maximum Gasteiger partial charge on any atom is 0.0702 e. The van der Waals surface area contributed by atoms with Gasteiger partial charge in [-0.25, -0.2) is 0 Å². The number of hydrogen-bond acceptors (Lipinski definition) is 4. The van der Waals surface area contributed by atoms with Crippen molar-refractivity contribution in [2.24, 2.45) is 0 Å². The minimum Gasteiger partial charge on any atom is -0.377 e. The van der Waals surface area contributed by atoms with E-state index in [2.05, 4.69) is 45.0 Å². The molecular formula is C20H31N3O. The highest BCUT2D eigenvalue weighted by Crippen LogP contribution is 2.22. The van der Waals surface area contributed by atoms with Gasteiger partial charge in [0.1, 0.15) is 0 Å².